The third-order valence-corrected chi connectivity index (χ3v) is 3.68. The minimum absolute atomic E-state index is 0.157. The molecule has 4 nitrogen and oxygen atoms in total. The number of rotatable bonds is 5. The van der Waals surface area contributed by atoms with Crippen molar-refractivity contribution in [3.05, 3.63) is 60.2 Å². The zero-order valence-corrected chi connectivity index (χ0v) is 12.5. The molecule has 0 aliphatic rings. The lowest BCUT2D eigenvalue weighted by Crippen LogP contribution is -2.23. The Bertz CT molecular complexity index is 727. The van der Waals surface area contributed by atoms with Crippen molar-refractivity contribution >= 4 is 10.8 Å². The molecule has 3 aromatic rings. The van der Waals surface area contributed by atoms with Crippen LogP contribution in [0.5, 0.6) is 0 Å². The number of aryl methyl sites for hydroxylation is 1. The van der Waals surface area contributed by atoms with E-state index in [4.69, 9.17) is 0 Å². The van der Waals surface area contributed by atoms with Gasteiger partial charge in [-0.25, -0.2) is 0 Å². The average molecular weight is 280 g/mol. The van der Waals surface area contributed by atoms with Crippen LogP contribution in [0.25, 0.3) is 10.8 Å². The third-order valence-electron chi connectivity index (χ3n) is 3.68. The van der Waals surface area contributed by atoms with Gasteiger partial charge in [-0.1, -0.05) is 25.1 Å². The van der Waals surface area contributed by atoms with Gasteiger partial charge in [0, 0.05) is 36.6 Å². The monoisotopic (exact) mass is 280 g/mol. The first-order chi connectivity index (χ1) is 10.3. The van der Waals surface area contributed by atoms with E-state index in [2.05, 4.69) is 52.8 Å². The van der Waals surface area contributed by atoms with Gasteiger partial charge in [-0.15, -0.1) is 0 Å². The normalized spacial score (nSPS) is 12.7. The number of nitrogens with zero attached hydrogens (tertiary/aromatic N) is 3. The summed E-state index contributed by atoms with van der Waals surface area (Å²) < 4.78 is 1.85. The summed E-state index contributed by atoms with van der Waals surface area (Å²) in [5, 5.41) is 10.4. The maximum atomic E-state index is 4.32. The summed E-state index contributed by atoms with van der Waals surface area (Å²) in [5.41, 5.74) is 2.46. The van der Waals surface area contributed by atoms with Crippen LogP contribution >= 0.6 is 0 Å². The SMILES string of the molecule is CCCNC(c1cnn(C)c1)c1cccc2cnccc12. The van der Waals surface area contributed by atoms with Crippen LogP contribution < -0.4 is 5.32 Å². The number of fused-ring (bicyclic) bond motifs is 1. The lowest BCUT2D eigenvalue weighted by Gasteiger charge is -2.19. The molecule has 0 fully saturated rings. The summed E-state index contributed by atoms with van der Waals surface area (Å²) in [6.07, 6.45) is 8.88. The molecule has 2 heterocycles. The number of hydrogen-bond acceptors (Lipinski definition) is 3. The van der Waals surface area contributed by atoms with Crippen molar-refractivity contribution in [3.8, 4) is 0 Å². The van der Waals surface area contributed by atoms with Crippen LogP contribution in [0.3, 0.4) is 0 Å². The molecule has 1 unspecified atom stereocenters. The predicted octanol–water partition coefficient (Wildman–Crippen LogP) is 3.06. The van der Waals surface area contributed by atoms with Gasteiger partial charge in [-0.2, -0.15) is 5.10 Å². The molecule has 108 valence electrons. The molecule has 4 heteroatoms. The second-order valence-corrected chi connectivity index (χ2v) is 5.28. The number of benzene rings is 1. The number of nitrogens with one attached hydrogen (secondary N) is 1. The van der Waals surface area contributed by atoms with Crippen LogP contribution in [0.1, 0.15) is 30.5 Å². The molecule has 0 bridgehead atoms. The van der Waals surface area contributed by atoms with E-state index in [9.17, 15) is 0 Å². The molecular formula is C17H20N4. The fourth-order valence-corrected chi connectivity index (χ4v) is 2.68. The van der Waals surface area contributed by atoms with Crippen LogP contribution in [0.2, 0.25) is 0 Å². The second kappa shape index (κ2) is 6.06. The van der Waals surface area contributed by atoms with Crippen molar-refractivity contribution < 1.29 is 0 Å². The van der Waals surface area contributed by atoms with E-state index in [0.717, 1.165) is 13.0 Å². The van der Waals surface area contributed by atoms with Crippen LogP contribution in [0, 0.1) is 0 Å². The van der Waals surface area contributed by atoms with Crippen LogP contribution in [-0.4, -0.2) is 21.3 Å². The quantitative estimate of drug-likeness (QED) is 0.781. The van der Waals surface area contributed by atoms with E-state index in [1.807, 2.05) is 30.3 Å². The first-order valence-corrected chi connectivity index (χ1v) is 7.34. The Morgan fingerprint density at radius 2 is 2.14 bits per heavy atom. The molecule has 1 atom stereocenters. The van der Waals surface area contributed by atoms with Gasteiger partial charge in [0.05, 0.1) is 12.2 Å². The van der Waals surface area contributed by atoms with E-state index >= 15 is 0 Å². The lowest BCUT2D eigenvalue weighted by atomic mass is 9.96. The molecule has 0 amide bonds. The largest absolute Gasteiger partial charge is 0.306 e. The fraction of sp³-hybridized carbons (Fsp3) is 0.294. The minimum atomic E-state index is 0.157. The molecule has 21 heavy (non-hydrogen) atoms. The molecule has 0 saturated carbocycles. The Balaban J connectivity index is 2.09. The predicted molar refractivity (Wildman–Crippen MR) is 85.1 cm³/mol. The molecule has 2 aromatic heterocycles. The van der Waals surface area contributed by atoms with Crippen LogP contribution in [-0.2, 0) is 7.05 Å². The van der Waals surface area contributed by atoms with Gasteiger partial charge in [0.15, 0.2) is 0 Å². The standard InChI is InChI=1S/C17H20N4/c1-3-8-19-17(14-11-20-21(2)12-14)16-6-4-5-13-10-18-9-7-15(13)16/h4-7,9-12,17,19H,3,8H2,1-2H3. The first-order valence-electron chi connectivity index (χ1n) is 7.34. The molecule has 0 aliphatic heterocycles. The molecule has 1 aromatic carbocycles. The second-order valence-electron chi connectivity index (χ2n) is 5.28. The van der Waals surface area contributed by atoms with Gasteiger partial charge in [0.1, 0.15) is 0 Å². The van der Waals surface area contributed by atoms with E-state index in [1.165, 1.54) is 21.9 Å². The summed E-state index contributed by atoms with van der Waals surface area (Å²) in [7, 11) is 1.95. The molecule has 0 radical (unpaired) electrons. The highest BCUT2D eigenvalue weighted by Crippen LogP contribution is 2.28. The van der Waals surface area contributed by atoms with E-state index < -0.39 is 0 Å². The zero-order valence-electron chi connectivity index (χ0n) is 12.5. The first kappa shape index (κ1) is 13.8. The summed E-state index contributed by atoms with van der Waals surface area (Å²) in [5.74, 6) is 0. The van der Waals surface area contributed by atoms with Gasteiger partial charge in [-0.3, -0.25) is 9.67 Å². The molecule has 1 N–H and O–H groups in total. The number of aromatic nitrogens is 3. The highest BCUT2D eigenvalue weighted by atomic mass is 15.2. The van der Waals surface area contributed by atoms with Gasteiger partial charge >= 0.3 is 0 Å². The Hall–Kier alpha value is -2.20. The molecule has 0 saturated heterocycles. The third kappa shape index (κ3) is 2.81. The van der Waals surface area contributed by atoms with Crippen molar-refractivity contribution in [1.29, 1.82) is 0 Å². The van der Waals surface area contributed by atoms with E-state index in [-0.39, 0.29) is 6.04 Å². The lowest BCUT2D eigenvalue weighted by molar-refractivity contribution is 0.601. The summed E-state index contributed by atoms with van der Waals surface area (Å²) in [4.78, 5) is 4.22. The van der Waals surface area contributed by atoms with Crippen molar-refractivity contribution in [2.24, 2.45) is 7.05 Å². The summed E-state index contributed by atoms with van der Waals surface area (Å²) in [6.45, 7) is 3.15. The topological polar surface area (TPSA) is 42.7 Å². The highest BCUT2D eigenvalue weighted by molar-refractivity contribution is 5.85. The van der Waals surface area contributed by atoms with Gasteiger partial charge in [0.2, 0.25) is 0 Å². The van der Waals surface area contributed by atoms with Crippen LogP contribution in [0.4, 0.5) is 0 Å². The molecule has 0 spiro atoms. The minimum Gasteiger partial charge on any atom is -0.306 e. The molecule has 0 aliphatic carbocycles. The van der Waals surface area contributed by atoms with Gasteiger partial charge in [0.25, 0.3) is 0 Å². The Morgan fingerprint density at radius 1 is 1.24 bits per heavy atom. The molecular weight excluding hydrogens is 260 g/mol. The average Bonchev–Trinajstić information content (AvgIpc) is 2.94. The maximum absolute atomic E-state index is 4.32. The van der Waals surface area contributed by atoms with Gasteiger partial charge in [-0.05, 0) is 30.0 Å². The van der Waals surface area contributed by atoms with Gasteiger partial charge < -0.3 is 5.32 Å². The van der Waals surface area contributed by atoms with E-state index in [1.54, 1.807) is 0 Å². The smallest absolute Gasteiger partial charge is 0.0614 e. The van der Waals surface area contributed by atoms with Crippen molar-refractivity contribution in [2.45, 2.75) is 19.4 Å². The summed E-state index contributed by atoms with van der Waals surface area (Å²) in [6, 6.07) is 8.62. The highest BCUT2D eigenvalue weighted by Gasteiger charge is 2.17. The van der Waals surface area contributed by atoms with Crippen molar-refractivity contribution in [3.63, 3.8) is 0 Å². The number of pyridine rings is 1. The van der Waals surface area contributed by atoms with E-state index in [0.29, 0.717) is 0 Å². The zero-order chi connectivity index (χ0) is 14.7. The summed E-state index contributed by atoms with van der Waals surface area (Å²) >= 11 is 0. The fourth-order valence-electron chi connectivity index (χ4n) is 2.68. The Labute approximate surface area is 124 Å². The Kier molecular flexibility index (Phi) is 3.97. The molecule has 3 rings (SSSR count). The Morgan fingerprint density at radius 3 is 2.90 bits per heavy atom. The maximum Gasteiger partial charge on any atom is 0.0614 e. The van der Waals surface area contributed by atoms with Crippen LogP contribution in [0.15, 0.2) is 49.1 Å². The van der Waals surface area contributed by atoms with Crippen molar-refractivity contribution in [2.75, 3.05) is 6.54 Å². The van der Waals surface area contributed by atoms with Crippen molar-refractivity contribution in [1.82, 2.24) is 20.1 Å². The number of hydrogen-bond donors (Lipinski definition) is 1.